The topological polar surface area (TPSA) is 49.7 Å². The zero-order chi connectivity index (χ0) is 11.8. The first-order valence-electron chi connectivity index (χ1n) is 5.64. The van der Waals surface area contributed by atoms with Crippen molar-refractivity contribution in [3.05, 3.63) is 35.9 Å². The number of hydrogen-bond acceptors (Lipinski definition) is 3. The summed E-state index contributed by atoms with van der Waals surface area (Å²) in [4.78, 5) is 0. The molecule has 0 aliphatic heterocycles. The average Bonchev–Trinajstić information content (AvgIpc) is 2.34. The van der Waals surface area contributed by atoms with Crippen LogP contribution in [-0.2, 0) is 11.3 Å². The normalized spacial score (nSPS) is 14.7. The number of aliphatic hydroxyl groups excluding tert-OH is 2. The lowest BCUT2D eigenvalue weighted by molar-refractivity contribution is 0.0325. The molecule has 1 rings (SSSR count). The van der Waals surface area contributed by atoms with Crippen molar-refractivity contribution < 1.29 is 14.9 Å². The molecule has 0 aliphatic rings. The summed E-state index contributed by atoms with van der Waals surface area (Å²) in [6.07, 6.45) is 0.0787. The van der Waals surface area contributed by atoms with Crippen molar-refractivity contribution in [3.63, 3.8) is 0 Å². The Hall–Kier alpha value is -0.900. The molecule has 3 nitrogen and oxygen atoms in total. The fourth-order valence-electron chi connectivity index (χ4n) is 1.37. The van der Waals surface area contributed by atoms with Crippen LogP contribution in [-0.4, -0.2) is 29.5 Å². The maximum absolute atomic E-state index is 9.57. The maximum atomic E-state index is 9.57. The lowest BCUT2D eigenvalue weighted by Gasteiger charge is -2.16. The monoisotopic (exact) mass is 224 g/mol. The third-order valence-corrected chi connectivity index (χ3v) is 2.61. The number of rotatable bonds is 7. The highest BCUT2D eigenvalue weighted by molar-refractivity contribution is 5.13. The minimum atomic E-state index is -0.485. The van der Waals surface area contributed by atoms with E-state index in [0.29, 0.717) is 19.6 Å². The van der Waals surface area contributed by atoms with Crippen molar-refractivity contribution in [2.45, 2.75) is 26.1 Å². The summed E-state index contributed by atoms with van der Waals surface area (Å²) >= 11 is 0. The van der Waals surface area contributed by atoms with Gasteiger partial charge in [-0.1, -0.05) is 37.3 Å². The Morgan fingerprint density at radius 2 is 1.94 bits per heavy atom. The van der Waals surface area contributed by atoms with Crippen LogP contribution in [0.1, 0.15) is 18.9 Å². The molecule has 1 aromatic rings. The van der Waals surface area contributed by atoms with Gasteiger partial charge < -0.3 is 14.9 Å². The molecule has 0 saturated carbocycles. The molecular formula is C13H20O3. The van der Waals surface area contributed by atoms with E-state index in [4.69, 9.17) is 9.84 Å². The van der Waals surface area contributed by atoms with Crippen LogP contribution in [0.2, 0.25) is 0 Å². The summed E-state index contributed by atoms with van der Waals surface area (Å²) < 4.78 is 5.44. The summed E-state index contributed by atoms with van der Waals surface area (Å²) in [6.45, 7) is 2.92. The van der Waals surface area contributed by atoms with E-state index in [2.05, 4.69) is 0 Å². The van der Waals surface area contributed by atoms with Crippen LogP contribution in [0, 0.1) is 5.92 Å². The molecule has 0 heterocycles. The smallest absolute Gasteiger partial charge is 0.0716 e. The zero-order valence-electron chi connectivity index (χ0n) is 9.67. The standard InChI is InChI=1S/C13H20O3/c1-11(9-14)13(15)7-8-16-10-12-5-3-2-4-6-12/h2-6,11,13-15H,7-10H2,1H3/t11-,13+/m1/s1. The summed E-state index contributed by atoms with van der Waals surface area (Å²) in [5.41, 5.74) is 1.13. The van der Waals surface area contributed by atoms with Gasteiger partial charge in [-0.05, 0) is 12.0 Å². The molecule has 1 aromatic carbocycles. The summed E-state index contributed by atoms with van der Waals surface area (Å²) in [5, 5.41) is 18.4. The largest absolute Gasteiger partial charge is 0.396 e. The highest BCUT2D eigenvalue weighted by atomic mass is 16.5. The van der Waals surface area contributed by atoms with Gasteiger partial charge in [-0.3, -0.25) is 0 Å². The van der Waals surface area contributed by atoms with Crippen LogP contribution in [0.5, 0.6) is 0 Å². The summed E-state index contributed by atoms with van der Waals surface area (Å²) in [5.74, 6) is -0.0830. The van der Waals surface area contributed by atoms with Crippen LogP contribution in [0.4, 0.5) is 0 Å². The first-order chi connectivity index (χ1) is 7.74. The Morgan fingerprint density at radius 3 is 2.56 bits per heavy atom. The predicted molar refractivity (Wildman–Crippen MR) is 63.0 cm³/mol. The Morgan fingerprint density at radius 1 is 1.25 bits per heavy atom. The van der Waals surface area contributed by atoms with E-state index in [9.17, 15) is 5.11 Å². The zero-order valence-corrected chi connectivity index (χ0v) is 9.67. The Bertz CT molecular complexity index is 274. The number of ether oxygens (including phenoxy) is 1. The van der Waals surface area contributed by atoms with Crippen molar-refractivity contribution in [2.75, 3.05) is 13.2 Å². The maximum Gasteiger partial charge on any atom is 0.0716 e. The molecule has 3 heteroatoms. The number of hydrogen-bond donors (Lipinski definition) is 2. The van der Waals surface area contributed by atoms with Gasteiger partial charge in [0, 0.05) is 19.1 Å². The molecule has 0 unspecified atom stereocenters. The molecule has 90 valence electrons. The molecular weight excluding hydrogens is 204 g/mol. The van der Waals surface area contributed by atoms with Crippen LogP contribution in [0.15, 0.2) is 30.3 Å². The fraction of sp³-hybridized carbons (Fsp3) is 0.538. The van der Waals surface area contributed by atoms with Crippen LogP contribution in [0.25, 0.3) is 0 Å². The van der Waals surface area contributed by atoms with E-state index in [1.165, 1.54) is 0 Å². The van der Waals surface area contributed by atoms with Crippen molar-refractivity contribution in [1.29, 1.82) is 0 Å². The molecule has 16 heavy (non-hydrogen) atoms. The summed E-state index contributed by atoms with van der Waals surface area (Å²) in [6, 6.07) is 9.93. The van der Waals surface area contributed by atoms with E-state index in [-0.39, 0.29) is 12.5 Å². The van der Waals surface area contributed by atoms with Gasteiger partial charge >= 0.3 is 0 Å². The number of benzene rings is 1. The fourth-order valence-corrected chi connectivity index (χ4v) is 1.37. The molecule has 0 amide bonds. The minimum Gasteiger partial charge on any atom is -0.396 e. The molecule has 0 radical (unpaired) electrons. The van der Waals surface area contributed by atoms with Crippen molar-refractivity contribution >= 4 is 0 Å². The molecule has 0 fully saturated rings. The van der Waals surface area contributed by atoms with Crippen molar-refractivity contribution in [1.82, 2.24) is 0 Å². The predicted octanol–water partition coefficient (Wildman–Crippen LogP) is 1.58. The molecule has 0 bridgehead atoms. The second-order valence-corrected chi connectivity index (χ2v) is 4.05. The lowest BCUT2D eigenvalue weighted by Crippen LogP contribution is -2.22. The van der Waals surface area contributed by atoms with Gasteiger partial charge in [-0.15, -0.1) is 0 Å². The summed E-state index contributed by atoms with van der Waals surface area (Å²) in [7, 11) is 0. The van der Waals surface area contributed by atoms with Crippen LogP contribution in [0.3, 0.4) is 0 Å². The second-order valence-electron chi connectivity index (χ2n) is 4.05. The van der Waals surface area contributed by atoms with E-state index in [0.717, 1.165) is 5.56 Å². The Balaban J connectivity index is 2.13. The third kappa shape index (κ3) is 4.75. The molecule has 0 saturated heterocycles. The van der Waals surface area contributed by atoms with Gasteiger partial charge in [0.25, 0.3) is 0 Å². The molecule has 0 aliphatic carbocycles. The van der Waals surface area contributed by atoms with E-state index in [1.54, 1.807) is 0 Å². The first kappa shape index (κ1) is 13.2. The quantitative estimate of drug-likeness (QED) is 0.691. The highest BCUT2D eigenvalue weighted by Crippen LogP contribution is 2.07. The van der Waals surface area contributed by atoms with Gasteiger partial charge in [0.1, 0.15) is 0 Å². The van der Waals surface area contributed by atoms with Crippen LogP contribution >= 0.6 is 0 Å². The minimum absolute atomic E-state index is 0.0137. The SMILES string of the molecule is C[C@H](CO)[C@@H](O)CCOCc1ccccc1. The third-order valence-electron chi connectivity index (χ3n) is 2.61. The van der Waals surface area contributed by atoms with E-state index < -0.39 is 6.10 Å². The first-order valence-corrected chi connectivity index (χ1v) is 5.64. The molecule has 2 N–H and O–H groups in total. The van der Waals surface area contributed by atoms with Gasteiger partial charge in [0.05, 0.1) is 12.7 Å². The molecule has 0 aromatic heterocycles. The number of aliphatic hydroxyl groups is 2. The van der Waals surface area contributed by atoms with Gasteiger partial charge in [-0.2, -0.15) is 0 Å². The van der Waals surface area contributed by atoms with Crippen molar-refractivity contribution in [3.8, 4) is 0 Å². The van der Waals surface area contributed by atoms with Gasteiger partial charge in [0.15, 0.2) is 0 Å². The Kier molecular flexibility index (Phi) is 6.08. The van der Waals surface area contributed by atoms with Crippen molar-refractivity contribution in [2.24, 2.45) is 5.92 Å². The van der Waals surface area contributed by atoms with Gasteiger partial charge in [-0.25, -0.2) is 0 Å². The molecule has 0 spiro atoms. The highest BCUT2D eigenvalue weighted by Gasteiger charge is 2.12. The lowest BCUT2D eigenvalue weighted by atomic mass is 10.0. The van der Waals surface area contributed by atoms with E-state index >= 15 is 0 Å². The Labute approximate surface area is 96.7 Å². The second kappa shape index (κ2) is 7.39. The molecule has 2 atom stereocenters. The van der Waals surface area contributed by atoms with Gasteiger partial charge in [0.2, 0.25) is 0 Å². The van der Waals surface area contributed by atoms with Crippen LogP contribution < -0.4 is 0 Å². The van der Waals surface area contributed by atoms with E-state index in [1.807, 2.05) is 37.3 Å². The average molecular weight is 224 g/mol.